The molecule has 1 amide bonds. The Balaban J connectivity index is 2.18. The second-order valence-corrected chi connectivity index (χ2v) is 6.42. The Morgan fingerprint density at radius 1 is 1.40 bits per heavy atom. The van der Waals surface area contributed by atoms with Gasteiger partial charge in [0.05, 0.1) is 16.6 Å². The maximum absolute atomic E-state index is 12.1. The lowest BCUT2D eigenvalue weighted by atomic mass is 9.89. The van der Waals surface area contributed by atoms with Crippen LogP contribution in [0, 0.1) is 16.0 Å². The van der Waals surface area contributed by atoms with Crippen molar-refractivity contribution in [3.63, 3.8) is 0 Å². The number of ether oxygens (including phenoxy) is 1. The summed E-state index contributed by atoms with van der Waals surface area (Å²) < 4.78 is 5.93. The summed E-state index contributed by atoms with van der Waals surface area (Å²) in [4.78, 5) is 22.6. The first-order chi connectivity index (χ1) is 12.0. The molecule has 0 aromatic heterocycles. The standard InChI is InChI=1S/C18H27N3O4/c1-4-12(5-2)17-10-13(8-9-25-17)20-16-7-6-14(21(23)24)11-15(16)18(22)19-3/h6-7,11-13,17,20H,4-5,8-10H2,1-3H3,(H,19,22). The molecule has 138 valence electrons. The van der Waals surface area contributed by atoms with E-state index in [1.807, 2.05) is 0 Å². The fraction of sp³-hybridized carbons (Fsp3) is 0.611. The molecule has 2 rings (SSSR count). The fourth-order valence-corrected chi connectivity index (χ4v) is 3.42. The van der Waals surface area contributed by atoms with E-state index in [-0.39, 0.29) is 23.7 Å². The first kappa shape index (κ1) is 19.2. The maximum Gasteiger partial charge on any atom is 0.270 e. The Kier molecular flexibility index (Phi) is 6.75. The molecule has 7 heteroatoms. The molecule has 1 saturated heterocycles. The number of non-ortho nitro benzene ring substituents is 1. The summed E-state index contributed by atoms with van der Waals surface area (Å²) in [5.74, 6) is 0.190. The monoisotopic (exact) mass is 349 g/mol. The highest BCUT2D eigenvalue weighted by molar-refractivity contribution is 6.00. The van der Waals surface area contributed by atoms with Crippen LogP contribution >= 0.6 is 0 Å². The van der Waals surface area contributed by atoms with Gasteiger partial charge in [-0.2, -0.15) is 0 Å². The molecule has 1 aliphatic heterocycles. The highest BCUT2D eigenvalue weighted by Crippen LogP contribution is 2.29. The van der Waals surface area contributed by atoms with Crippen molar-refractivity contribution in [2.24, 2.45) is 5.92 Å². The van der Waals surface area contributed by atoms with Gasteiger partial charge in [0.1, 0.15) is 0 Å². The highest BCUT2D eigenvalue weighted by atomic mass is 16.6. The molecule has 0 bridgehead atoms. The zero-order valence-corrected chi connectivity index (χ0v) is 15.1. The summed E-state index contributed by atoms with van der Waals surface area (Å²) in [7, 11) is 1.52. The molecule has 7 nitrogen and oxygen atoms in total. The van der Waals surface area contributed by atoms with Gasteiger partial charge in [0.2, 0.25) is 0 Å². The number of nitrogens with zero attached hydrogens (tertiary/aromatic N) is 1. The number of anilines is 1. The Morgan fingerprint density at radius 3 is 2.72 bits per heavy atom. The molecule has 2 atom stereocenters. The first-order valence-corrected chi connectivity index (χ1v) is 8.88. The van der Waals surface area contributed by atoms with Gasteiger partial charge in [0.15, 0.2) is 0 Å². The van der Waals surface area contributed by atoms with Gasteiger partial charge in [-0.15, -0.1) is 0 Å². The number of hydrogen-bond donors (Lipinski definition) is 2. The predicted octanol–water partition coefficient (Wildman–Crippen LogP) is 3.35. The highest BCUT2D eigenvalue weighted by Gasteiger charge is 2.28. The van der Waals surface area contributed by atoms with Crippen molar-refractivity contribution in [1.82, 2.24) is 5.32 Å². The van der Waals surface area contributed by atoms with Gasteiger partial charge in [0, 0.05) is 37.5 Å². The molecule has 0 saturated carbocycles. The third-order valence-electron chi connectivity index (χ3n) is 4.93. The summed E-state index contributed by atoms with van der Waals surface area (Å²) in [5.41, 5.74) is 0.827. The molecule has 1 aromatic carbocycles. The molecule has 1 fully saturated rings. The van der Waals surface area contributed by atoms with Crippen LogP contribution in [0.1, 0.15) is 49.9 Å². The third-order valence-corrected chi connectivity index (χ3v) is 4.93. The van der Waals surface area contributed by atoms with Crippen LogP contribution in [-0.4, -0.2) is 36.6 Å². The normalized spacial score (nSPS) is 20.3. The van der Waals surface area contributed by atoms with Gasteiger partial charge in [-0.05, 0) is 24.8 Å². The molecule has 0 spiro atoms. The Hall–Kier alpha value is -2.15. The van der Waals surface area contributed by atoms with Crippen molar-refractivity contribution < 1.29 is 14.5 Å². The summed E-state index contributed by atoms with van der Waals surface area (Å²) in [6, 6.07) is 4.54. The molecule has 2 N–H and O–H groups in total. The number of nitro groups is 1. The maximum atomic E-state index is 12.1. The van der Waals surface area contributed by atoms with Crippen molar-refractivity contribution in [3.05, 3.63) is 33.9 Å². The molecule has 1 aromatic rings. The number of nitrogens with one attached hydrogen (secondary N) is 2. The van der Waals surface area contributed by atoms with Crippen molar-refractivity contribution >= 4 is 17.3 Å². The summed E-state index contributed by atoms with van der Waals surface area (Å²) >= 11 is 0. The summed E-state index contributed by atoms with van der Waals surface area (Å²) in [6.45, 7) is 5.03. The Bertz CT molecular complexity index is 616. The van der Waals surface area contributed by atoms with Gasteiger partial charge in [0.25, 0.3) is 11.6 Å². The van der Waals surface area contributed by atoms with E-state index in [0.29, 0.717) is 23.8 Å². The Morgan fingerprint density at radius 2 is 2.12 bits per heavy atom. The molecular formula is C18H27N3O4. The third kappa shape index (κ3) is 4.69. The molecule has 1 aliphatic rings. The minimum atomic E-state index is -0.492. The van der Waals surface area contributed by atoms with Crippen LogP contribution in [0.25, 0.3) is 0 Å². The number of benzene rings is 1. The van der Waals surface area contributed by atoms with E-state index in [2.05, 4.69) is 24.5 Å². The van der Waals surface area contributed by atoms with Crippen LogP contribution in [0.2, 0.25) is 0 Å². The largest absolute Gasteiger partial charge is 0.381 e. The second kappa shape index (κ2) is 8.80. The number of hydrogen-bond acceptors (Lipinski definition) is 5. The lowest BCUT2D eigenvalue weighted by Crippen LogP contribution is -2.38. The van der Waals surface area contributed by atoms with Crippen LogP contribution in [0.4, 0.5) is 11.4 Å². The fourth-order valence-electron chi connectivity index (χ4n) is 3.42. The van der Waals surface area contributed by atoms with Crippen molar-refractivity contribution in [1.29, 1.82) is 0 Å². The average molecular weight is 349 g/mol. The lowest BCUT2D eigenvalue weighted by Gasteiger charge is -2.35. The van der Waals surface area contributed by atoms with E-state index >= 15 is 0 Å². The zero-order chi connectivity index (χ0) is 18.4. The Labute approximate surface area is 148 Å². The SMILES string of the molecule is CCC(CC)C1CC(Nc2ccc([N+](=O)[O-])cc2C(=O)NC)CCO1. The molecule has 25 heavy (non-hydrogen) atoms. The van der Waals surface area contributed by atoms with Crippen LogP contribution < -0.4 is 10.6 Å². The number of carbonyl (C=O) groups is 1. The van der Waals surface area contributed by atoms with Gasteiger partial charge >= 0.3 is 0 Å². The van der Waals surface area contributed by atoms with Gasteiger partial charge in [-0.3, -0.25) is 14.9 Å². The van der Waals surface area contributed by atoms with Crippen LogP contribution in [0.3, 0.4) is 0 Å². The van der Waals surface area contributed by atoms with Crippen LogP contribution in [-0.2, 0) is 4.74 Å². The van der Waals surface area contributed by atoms with Crippen molar-refractivity contribution in [3.8, 4) is 0 Å². The number of amides is 1. The lowest BCUT2D eigenvalue weighted by molar-refractivity contribution is -0.384. The predicted molar refractivity (Wildman–Crippen MR) is 96.9 cm³/mol. The van der Waals surface area contributed by atoms with Gasteiger partial charge < -0.3 is 15.4 Å². The summed E-state index contributed by atoms with van der Waals surface area (Å²) in [6.07, 6.45) is 4.09. The molecule has 1 heterocycles. The molecule has 0 aliphatic carbocycles. The number of rotatable bonds is 7. The topological polar surface area (TPSA) is 93.5 Å². The second-order valence-electron chi connectivity index (χ2n) is 6.42. The zero-order valence-electron chi connectivity index (χ0n) is 15.1. The molecule has 2 unspecified atom stereocenters. The van der Waals surface area contributed by atoms with Crippen molar-refractivity contribution in [2.75, 3.05) is 19.0 Å². The van der Waals surface area contributed by atoms with E-state index in [1.165, 1.54) is 19.2 Å². The van der Waals surface area contributed by atoms with E-state index < -0.39 is 4.92 Å². The van der Waals surface area contributed by atoms with Gasteiger partial charge in [-0.25, -0.2) is 0 Å². The molecule has 0 radical (unpaired) electrons. The van der Waals surface area contributed by atoms with E-state index in [4.69, 9.17) is 4.74 Å². The van der Waals surface area contributed by atoms with E-state index in [1.54, 1.807) is 6.07 Å². The van der Waals surface area contributed by atoms with Crippen LogP contribution in [0.15, 0.2) is 18.2 Å². The number of carbonyl (C=O) groups excluding carboxylic acids is 1. The quantitative estimate of drug-likeness (QED) is 0.581. The summed E-state index contributed by atoms with van der Waals surface area (Å²) in [5, 5.41) is 16.9. The number of nitro benzene ring substituents is 1. The smallest absolute Gasteiger partial charge is 0.270 e. The molecular weight excluding hydrogens is 322 g/mol. The van der Waals surface area contributed by atoms with E-state index in [0.717, 1.165) is 25.7 Å². The average Bonchev–Trinajstić information content (AvgIpc) is 2.62. The van der Waals surface area contributed by atoms with Crippen LogP contribution in [0.5, 0.6) is 0 Å². The van der Waals surface area contributed by atoms with Gasteiger partial charge in [-0.1, -0.05) is 26.7 Å². The minimum absolute atomic E-state index is 0.0916. The first-order valence-electron chi connectivity index (χ1n) is 8.88. The van der Waals surface area contributed by atoms with E-state index in [9.17, 15) is 14.9 Å². The van der Waals surface area contributed by atoms with Crippen molar-refractivity contribution in [2.45, 2.75) is 51.7 Å². The minimum Gasteiger partial charge on any atom is -0.381 e.